The molecule has 1 aromatic heterocycles. The zero-order chi connectivity index (χ0) is 13.3. The Morgan fingerprint density at radius 1 is 1.21 bits per heavy atom. The van der Waals surface area contributed by atoms with Crippen molar-refractivity contribution in [2.24, 2.45) is 0 Å². The highest BCUT2D eigenvalue weighted by atomic mass is 16.3. The van der Waals surface area contributed by atoms with Crippen molar-refractivity contribution < 1.29 is 5.11 Å². The van der Waals surface area contributed by atoms with Crippen LogP contribution in [-0.4, -0.2) is 35.1 Å². The minimum atomic E-state index is -0.703. The second-order valence-corrected chi connectivity index (χ2v) is 5.59. The molecule has 0 saturated carbocycles. The molecule has 1 aliphatic rings. The zero-order valence-electron chi connectivity index (χ0n) is 11.3. The summed E-state index contributed by atoms with van der Waals surface area (Å²) in [5, 5.41) is 13.3. The molecule has 1 atom stereocenters. The van der Waals surface area contributed by atoms with Crippen LogP contribution >= 0.6 is 0 Å². The largest absolute Gasteiger partial charge is 0.385 e. The Bertz CT molecular complexity index is 578. The predicted octanol–water partition coefficient (Wildman–Crippen LogP) is 2.54. The van der Waals surface area contributed by atoms with Crippen LogP contribution in [0.4, 0.5) is 0 Å². The van der Waals surface area contributed by atoms with E-state index in [1.165, 1.54) is 0 Å². The molecule has 19 heavy (non-hydrogen) atoms. The van der Waals surface area contributed by atoms with E-state index in [0.717, 1.165) is 48.7 Å². The molecule has 1 unspecified atom stereocenters. The Morgan fingerprint density at radius 2 is 2.11 bits per heavy atom. The van der Waals surface area contributed by atoms with Crippen molar-refractivity contribution in [1.29, 1.82) is 0 Å². The van der Waals surface area contributed by atoms with Crippen molar-refractivity contribution in [2.75, 3.05) is 20.1 Å². The van der Waals surface area contributed by atoms with Crippen molar-refractivity contribution in [1.82, 2.24) is 9.88 Å². The first kappa shape index (κ1) is 12.6. The van der Waals surface area contributed by atoms with E-state index in [9.17, 15) is 5.11 Å². The maximum Gasteiger partial charge on any atom is 0.0915 e. The number of pyridine rings is 1. The van der Waals surface area contributed by atoms with E-state index in [0.29, 0.717) is 0 Å². The Hall–Kier alpha value is -1.45. The van der Waals surface area contributed by atoms with Gasteiger partial charge in [-0.15, -0.1) is 0 Å². The van der Waals surface area contributed by atoms with Gasteiger partial charge < -0.3 is 10.0 Å². The summed E-state index contributed by atoms with van der Waals surface area (Å²) in [5.74, 6) is 0. The van der Waals surface area contributed by atoms with Gasteiger partial charge in [-0.25, -0.2) is 0 Å². The van der Waals surface area contributed by atoms with Crippen LogP contribution < -0.4 is 0 Å². The smallest absolute Gasteiger partial charge is 0.0915 e. The third-order valence-electron chi connectivity index (χ3n) is 4.22. The number of hydrogen-bond donors (Lipinski definition) is 1. The summed E-state index contributed by atoms with van der Waals surface area (Å²) in [7, 11) is 2.12. The SMILES string of the molecule is CN1CCCC(O)(c2cccc3cnccc23)CC1. The molecular formula is C16H20N2O. The molecule has 1 saturated heterocycles. The molecule has 0 spiro atoms. The molecule has 0 radical (unpaired) electrons. The number of hydrogen-bond acceptors (Lipinski definition) is 3. The molecule has 1 fully saturated rings. The minimum absolute atomic E-state index is 0.703. The van der Waals surface area contributed by atoms with Crippen LogP contribution in [0.5, 0.6) is 0 Å². The molecule has 2 aromatic rings. The van der Waals surface area contributed by atoms with E-state index in [4.69, 9.17) is 0 Å². The maximum atomic E-state index is 11.1. The van der Waals surface area contributed by atoms with Crippen molar-refractivity contribution in [3.05, 3.63) is 42.2 Å². The highest BCUT2D eigenvalue weighted by molar-refractivity contribution is 5.85. The summed E-state index contributed by atoms with van der Waals surface area (Å²) in [6, 6.07) is 8.15. The molecule has 0 bridgehead atoms. The summed E-state index contributed by atoms with van der Waals surface area (Å²) in [6.07, 6.45) is 6.33. The third-order valence-corrected chi connectivity index (χ3v) is 4.22. The molecule has 0 aliphatic carbocycles. The van der Waals surface area contributed by atoms with Crippen molar-refractivity contribution in [3.63, 3.8) is 0 Å². The molecule has 100 valence electrons. The Balaban J connectivity index is 2.07. The fraction of sp³-hybridized carbons (Fsp3) is 0.438. The number of nitrogens with zero attached hydrogens (tertiary/aromatic N) is 2. The number of benzene rings is 1. The van der Waals surface area contributed by atoms with Crippen LogP contribution in [0.15, 0.2) is 36.7 Å². The molecular weight excluding hydrogens is 236 g/mol. The van der Waals surface area contributed by atoms with E-state index in [2.05, 4.69) is 29.1 Å². The van der Waals surface area contributed by atoms with E-state index >= 15 is 0 Å². The van der Waals surface area contributed by atoms with Gasteiger partial charge in [-0.2, -0.15) is 0 Å². The van der Waals surface area contributed by atoms with Crippen molar-refractivity contribution in [3.8, 4) is 0 Å². The van der Waals surface area contributed by atoms with Gasteiger partial charge in [0, 0.05) is 24.3 Å². The second kappa shape index (κ2) is 4.91. The van der Waals surface area contributed by atoms with Gasteiger partial charge in [-0.05, 0) is 49.9 Å². The number of fused-ring (bicyclic) bond motifs is 1. The molecule has 1 aromatic carbocycles. The lowest BCUT2D eigenvalue weighted by atomic mass is 9.84. The van der Waals surface area contributed by atoms with Crippen LogP contribution in [0.3, 0.4) is 0 Å². The highest BCUT2D eigenvalue weighted by Crippen LogP contribution is 2.36. The van der Waals surface area contributed by atoms with Gasteiger partial charge >= 0.3 is 0 Å². The van der Waals surface area contributed by atoms with Gasteiger partial charge in [0.2, 0.25) is 0 Å². The summed E-state index contributed by atoms with van der Waals surface area (Å²) in [5.41, 5.74) is 0.355. The maximum absolute atomic E-state index is 11.1. The van der Waals surface area contributed by atoms with Gasteiger partial charge in [-0.1, -0.05) is 18.2 Å². The molecule has 2 heterocycles. The van der Waals surface area contributed by atoms with Crippen LogP contribution in [0, 0.1) is 0 Å². The minimum Gasteiger partial charge on any atom is -0.385 e. The number of rotatable bonds is 1. The first-order valence-electron chi connectivity index (χ1n) is 6.93. The third kappa shape index (κ3) is 2.36. The number of likely N-dealkylation sites (tertiary alicyclic amines) is 1. The monoisotopic (exact) mass is 256 g/mol. The van der Waals surface area contributed by atoms with E-state index in [-0.39, 0.29) is 0 Å². The van der Waals surface area contributed by atoms with Gasteiger partial charge in [0.1, 0.15) is 0 Å². The van der Waals surface area contributed by atoms with Gasteiger partial charge in [0.25, 0.3) is 0 Å². The topological polar surface area (TPSA) is 36.4 Å². The summed E-state index contributed by atoms with van der Waals surface area (Å²) in [4.78, 5) is 6.46. The molecule has 3 heteroatoms. The van der Waals surface area contributed by atoms with Crippen LogP contribution in [0.25, 0.3) is 10.8 Å². The quantitative estimate of drug-likeness (QED) is 0.852. The number of aromatic nitrogens is 1. The molecule has 3 rings (SSSR count). The number of aliphatic hydroxyl groups is 1. The van der Waals surface area contributed by atoms with Gasteiger partial charge in [-0.3, -0.25) is 4.98 Å². The Labute approximate surface area is 113 Å². The van der Waals surface area contributed by atoms with Gasteiger partial charge in [0.15, 0.2) is 0 Å². The first-order chi connectivity index (χ1) is 9.19. The average Bonchev–Trinajstić information content (AvgIpc) is 2.61. The van der Waals surface area contributed by atoms with Crippen LogP contribution in [0.1, 0.15) is 24.8 Å². The standard InChI is InChI=1S/C16H20N2O/c1-18-10-3-7-16(19,8-11-18)15-5-2-4-13-12-17-9-6-14(13)15/h2,4-6,9,12,19H,3,7-8,10-11H2,1H3. The predicted molar refractivity (Wildman–Crippen MR) is 77.0 cm³/mol. The van der Waals surface area contributed by atoms with Crippen LogP contribution in [0.2, 0.25) is 0 Å². The summed E-state index contributed by atoms with van der Waals surface area (Å²) < 4.78 is 0. The lowest BCUT2D eigenvalue weighted by Gasteiger charge is -2.28. The fourth-order valence-corrected chi connectivity index (χ4v) is 3.05. The van der Waals surface area contributed by atoms with E-state index < -0.39 is 5.60 Å². The molecule has 3 nitrogen and oxygen atoms in total. The fourth-order valence-electron chi connectivity index (χ4n) is 3.05. The van der Waals surface area contributed by atoms with Gasteiger partial charge in [0.05, 0.1) is 5.60 Å². The lowest BCUT2D eigenvalue weighted by Crippen LogP contribution is -2.28. The Morgan fingerprint density at radius 3 is 3.00 bits per heavy atom. The average molecular weight is 256 g/mol. The summed E-state index contributed by atoms with van der Waals surface area (Å²) in [6.45, 7) is 2.01. The Kier molecular flexibility index (Phi) is 3.25. The molecule has 1 aliphatic heterocycles. The molecule has 0 amide bonds. The van der Waals surface area contributed by atoms with Crippen molar-refractivity contribution >= 4 is 10.8 Å². The van der Waals surface area contributed by atoms with Crippen LogP contribution in [-0.2, 0) is 5.60 Å². The molecule has 1 N–H and O–H groups in total. The zero-order valence-corrected chi connectivity index (χ0v) is 11.3. The van der Waals surface area contributed by atoms with Crippen molar-refractivity contribution in [2.45, 2.75) is 24.9 Å². The first-order valence-corrected chi connectivity index (χ1v) is 6.93. The highest BCUT2D eigenvalue weighted by Gasteiger charge is 2.32. The second-order valence-electron chi connectivity index (χ2n) is 5.59. The normalized spacial score (nSPS) is 25.4. The summed E-state index contributed by atoms with van der Waals surface area (Å²) >= 11 is 0. The van der Waals surface area contributed by atoms with E-state index in [1.807, 2.05) is 18.3 Å². The van der Waals surface area contributed by atoms with E-state index in [1.54, 1.807) is 6.20 Å². The lowest BCUT2D eigenvalue weighted by molar-refractivity contribution is 0.0233.